The maximum Gasteiger partial charge on any atom is 0.276 e. The second-order valence-electron chi connectivity index (χ2n) is 8.18. The molecule has 32 heavy (non-hydrogen) atoms. The van der Waals surface area contributed by atoms with E-state index in [1.807, 2.05) is 0 Å². The Balaban J connectivity index is 1.48. The predicted octanol–water partition coefficient (Wildman–Crippen LogP) is 1.80. The molecule has 1 saturated carbocycles. The highest BCUT2D eigenvalue weighted by Crippen LogP contribution is 2.38. The quantitative estimate of drug-likeness (QED) is 0.775. The minimum atomic E-state index is -0.828. The summed E-state index contributed by atoms with van der Waals surface area (Å²) >= 11 is 0. The van der Waals surface area contributed by atoms with Crippen molar-refractivity contribution in [2.24, 2.45) is 0 Å². The van der Waals surface area contributed by atoms with E-state index in [1.54, 1.807) is 4.90 Å². The molecule has 2 fully saturated rings. The monoisotopic (exact) mass is 445 g/mol. The number of fused-ring (bicyclic) bond motifs is 5. The molecule has 168 valence electrons. The molecule has 5 rings (SSSR count). The van der Waals surface area contributed by atoms with Crippen molar-refractivity contribution in [2.45, 2.75) is 50.7 Å². The van der Waals surface area contributed by atoms with Crippen molar-refractivity contribution in [3.8, 4) is 5.75 Å². The van der Waals surface area contributed by atoms with E-state index in [-0.39, 0.29) is 47.2 Å². The van der Waals surface area contributed by atoms with Crippen LogP contribution in [0.2, 0.25) is 0 Å². The van der Waals surface area contributed by atoms with Crippen molar-refractivity contribution < 1.29 is 27.8 Å². The molecule has 1 saturated heterocycles. The molecule has 0 spiro atoms. The fourth-order valence-corrected chi connectivity index (χ4v) is 4.85. The number of carbonyl (C=O) groups is 2. The zero-order chi connectivity index (χ0) is 22.6. The summed E-state index contributed by atoms with van der Waals surface area (Å²) in [6.45, 7) is -0.199. The van der Waals surface area contributed by atoms with Crippen LogP contribution >= 0.6 is 0 Å². The zero-order valence-electron chi connectivity index (χ0n) is 17.3. The number of hydrogen-bond acceptors (Lipinski definition) is 5. The van der Waals surface area contributed by atoms with Crippen LogP contribution in [0, 0.1) is 11.6 Å². The molecule has 2 aromatic rings. The summed E-state index contributed by atoms with van der Waals surface area (Å²) in [4.78, 5) is 40.6. The van der Waals surface area contributed by atoms with E-state index in [2.05, 4.69) is 5.32 Å². The number of nitrogens with zero attached hydrogens (tertiary/aromatic N) is 2. The number of carbonyl (C=O) groups excluding carboxylic acids is 2. The topological polar surface area (TPSA) is 89.9 Å². The fraction of sp³-hybridized carbons (Fsp3) is 0.409. The largest absolute Gasteiger partial charge is 0.491 e. The van der Waals surface area contributed by atoms with Gasteiger partial charge >= 0.3 is 0 Å². The molecule has 8 nitrogen and oxygen atoms in total. The van der Waals surface area contributed by atoms with Gasteiger partial charge in [-0.2, -0.15) is 0 Å². The van der Waals surface area contributed by atoms with E-state index in [4.69, 9.17) is 9.47 Å². The lowest BCUT2D eigenvalue weighted by atomic mass is 10.1. The van der Waals surface area contributed by atoms with Crippen molar-refractivity contribution in [1.29, 1.82) is 0 Å². The predicted molar refractivity (Wildman–Crippen MR) is 107 cm³/mol. The van der Waals surface area contributed by atoms with Crippen LogP contribution < -0.4 is 15.5 Å². The Morgan fingerprint density at radius 1 is 1.25 bits per heavy atom. The smallest absolute Gasteiger partial charge is 0.276 e. The number of pyridine rings is 1. The number of rotatable bonds is 4. The summed E-state index contributed by atoms with van der Waals surface area (Å²) in [6.07, 6.45) is 3.36. The number of halogens is 2. The first-order valence-corrected chi connectivity index (χ1v) is 10.4. The van der Waals surface area contributed by atoms with Crippen molar-refractivity contribution in [3.05, 3.63) is 63.1 Å². The second kappa shape index (κ2) is 7.70. The Labute approximate surface area is 181 Å². The third-order valence-corrected chi connectivity index (χ3v) is 6.37. The zero-order valence-corrected chi connectivity index (χ0v) is 17.3. The number of methoxy groups -OCH3 is 1. The van der Waals surface area contributed by atoms with Gasteiger partial charge in [0, 0.05) is 24.3 Å². The Hall–Kier alpha value is -3.27. The minimum Gasteiger partial charge on any atom is -0.491 e. The molecule has 3 atom stereocenters. The highest BCUT2D eigenvalue weighted by atomic mass is 19.1. The summed E-state index contributed by atoms with van der Waals surface area (Å²) in [7, 11) is 1.26. The Morgan fingerprint density at radius 3 is 2.72 bits per heavy atom. The van der Waals surface area contributed by atoms with Gasteiger partial charge in [0.2, 0.25) is 5.43 Å². The maximum absolute atomic E-state index is 13.9. The molecule has 2 aliphatic heterocycles. The molecule has 1 aliphatic carbocycles. The Morgan fingerprint density at radius 2 is 2.00 bits per heavy atom. The summed E-state index contributed by atoms with van der Waals surface area (Å²) in [5.41, 5.74) is -1.30. The van der Waals surface area contributed by atoms with Crippen molar-refractivity contribution in [3.63, 3.8) is 0 Å². The fourth-order valence-electron chi connectivity index (χ4n) is 4.85. The number of ether oxygens (including phenoxy) is 2. The summed E-state index contributed by atoms with van der Waals surface area (Å²) in [5, 5.41) is 2.37. The van der Waals surface area contributed by atoms with Gasteiger partial charge in [-0.15, -0.1) is 0 Å². The number of amides is 2. The molecule has 0 unspecified atom stereocenters. The van der Waals surface area contributed by atoms with Crippen LogP contribution in [-0.2, 0) is 17.8 Å². The van der Waals surface area contributed by atoms with E-state index in [0.29, 0.717) is 0 Å². The van der Waals surface area contributed by atoms with Crippen LogP contribution in [0.5, 0.6) is 5.75 Å². The van der Waals surface area contributed by atoms with Crippen molar-refractivity contribution in [2.75, 3.05) is 7.11 Å². The van der Waals surface area contributed by atoms with Crippen LogP contribution in [-0.4, -0.2) is 46.8 Å². The average Bonchev–Trinajstić information content (AvgIpc) is 3.14. The maximum atomic E-state index is 13.9. The van der Waals surface area contributed by atoms with E-state index < -0.39 is 35.7 Å². The lowest BCUT2D eigenvalue weighted by molar-refractivity contribution is -0.132. The number of aromatic nitrogens is 1. The number of benzene rings is 1. The third-order valence-electron chi connectivity index (χ3n) is 6.37. The molecule has 3 aliphatic rings. The van der Waals surface area contributed by atoms with E-state index in [0.717, 1.165) is 31.4 Å². The lowest BCUT2D eigenvalue weighted by Gasteiger charge is -2.44. The van der Waals surface area contributed by atoms with Gasteiger partial charge in [0.25, 0.3) is 11.8 Å². The third kappa shape index (κ3) is 3.17. The van der Waals surface area contributed by atoms with Crippen LogP contribution in [0.25, 0.3) is 0 Å². The highest BCUT2D eigenvalue weighted by Gasteiger charge is 2.47. The van der Waals surface area contributed by atoms with Gasteiger partial charge in [-0.1, -0.05) is 6.07 Å². The van der Waals surface area contributed by atoms with Gasteiger partial charge < -0.3 is 24.3 Å². The van der Waals surface area contributed by atoms with Crippen LogP contribution in [0.1, 0.15) is 45.7 Å². The van der Waals surface area contributed by atoms with E-state index in [9.17, 15) is 23.2 Å². The number of hydrogen-bond donors (Lipinski definition) is 1. The summed E-state index contributed by atoms with van der Waals surface area (Å²) in [5.74, 6) is -3.05. The summed E-state index contributed by atoms with van der Waals surface area (Å²) in [6, 6.07) is 3.43. The van der Waals surface area contributed by atoms with Crippen molar-refractivity contribution >= 4 is 11.8 Å². The molecule has 3 heterocycles. The van der Waals surface area contributed by atoms with Crippen LogP contribution in [0.3, 0.4) is 0 Å². The Bertz CT molecular complexity index is 1160. The van der Waals surface area contributed by atoms with Gasteiger partial charge in [-0.05, 0) is 31.4 Å². The van der Waals surface area contributed by atoms with Gasteiger partial charge in [0.15, 0.2) is 17.7 Å². The normalized spacial score (nSPS) is 23.5. The molecule has 2 amide bonds. The minimum absolute atomic E-state index is 0.0541. The standard InChI is InChI=1S/C22H21F2N3O5/c1-31-20-18-22(30)27-11-5-6-12(7-11)32-17(27)10-26(18)9-14(19(20)28)21(29)25-8-13-15(23)3-2-4-16(13)24/h2-4,9,11-12,17H,5-8,10H2,1H3,(H,25,29)/t11-,12+,17+/m1/s1. The first-order chi connectivity index (χ1) is 15.4. The van der Waals surface area contributed by atoms with Gasteiger partial charge in [0.05, 0.1) is 19.8 Å². The molecular weight excluding hydrogens is 424 g/mol. The van der Waals surface area contributed by atoms with Gasteiger partial charge in [0.1, 0.15) is 17.2 Å². The molecule has 0 radical (unpaired) electrons. The molecule has 1 aromatic heterocycles. The van der Waals surface area contributed by atoms with Gasteiger partial charge in [-0.3, -0.25) is 14.4 Å². The second-order valence-corrected chi connectivity index (χ2v) is 8.18. The Kier molecular flexibility index (Phi) is 4.96. The first-order valence-electron chi connectivity index (χ1n) is 10.4. The molecular formula is C22H21F2N3O5. The molecule has 10 heteroatoms. The van der Waals surface area contributed by atoms with E-state index >= 15 is 0 Å². The van der Waals surface area contributed by atoms with Crippen LogP contribution in [0.4, 0.5) is 8.78 Å². The molecule has 1 aromatic carbocycles. The number of nitrogens with one attached hydrogen (secondary N) is 1. The van der Waals surface area contributed by atoms with Crippen LogP contribution in [0.15, 0.2) is 29.2 Å². The highest BCUT2D eigenvalue weighted by molar-refractivity contribution is 5.99. The van der Waals surface area contributed by atoms with Gasteiger partial charge in [-0.25, -0.2) is 8.78 Å². The average molecular weight is 445 g/mol. The van der Waals surface area contributed by atoms with Crippen molar-refractivity contribution in [1.82, 2.24) is 14.8 Å². The van der Waals surface area contributed by atoms with E-state index in [1.165, 1.54) is 23.9 Å². The lowest BCUT2D eigenvalue weighted by Crippen LogP contribution is -2.57. The summed E-state index contributed by atoms with van der Waals surface area (Å²) < 4.78 is 40.5. The first kappa shape index (κ1) is 20.6. The SMILES string of the molecule is COc1c2n(cc(C(=O)NCc3c(F)cccc3F)c1=O)C[C@@H]1O[C@H]3CC[C@H](C3)N1C2=O. The molecule has 2 bridgehead atoms. The molecule has 1 N–H and O–H groups in total.